The largest absolute Gasteiger partial charge is 0.573 e. The van der Waals surface area contributed by atoms with Crippen LogP contribution in [0.15, 0.2) is 35.1 Å². The van der Waals surface area contributed by atoms with Crippen LogP contribution in [-0.4, -0.2) is 36.3 Å². The van der Waals surface area contributed by atoms with E-state index < -0.39 is 29.3 Å². The summed E-state index contributed by atoms with van der Waals surface area (Å²) in [7, 11) is 3.34. The highest BCUT2D eigenvalue weighted by Crippen LogP contribution is 2.34. The number of carbonyl (C=O) groups is 1. The topological polar surface area (TPSA) is 87.3 Å². The van der Waals surface area contributed by atoms with Crippen molar-refractivity contribution in [3.05, 3.63) is 51.9 Å². The number of hydrogen-bond acceptors (Lipinski definition) is 5. The monoisotopic (exact) mass is 412 g/mol. The van der Waals surface area contributed by atoms with Crippen LogP contribution in [0.25, 0.3) is 0 Å². The minimum Gasteiger partial charge on any atom is -0.406 e. The lowest BCUT2D eigenvalue weighted by Crippen LogP contribution is -2.37. The molecule has 1 amide bonds. The van der Waals surface area contributed by atoms with Crippen LogP contribution in [0.4, 0.5) is 19.1 Å². The Morgan fingerprint density at radius 2 is 1.76 bits per heavy atom. The van der Waals surface area contributed by atoms with Crippen molar-refractivity contribution in [2.24, 2.45) is 5.41 Å². The molecule has 1 aromatic heterocycles. The first kappa shape index (κ1) is 22.3. The molecule has 1 atom stereocenters. The third-order valence-corrected chi connectivity index (χ3v) is 3.97. The Bertz CT molecular complexity index is 916. The van der Waals surface area contributed by atoms with E-state index in [-0.39, 0.29) is 17.4 Å². The molecule has 0 radical (unpaired) electrons. The molecule has 7 nitrogen and oxygen atoms in total. The standard InChI is InChI=1S/C19H23F3N4O3/c1-18(2,3)15(11-6-8-12(9-7-11)29-19(20,21)22)25-16(28)13-10-14(27)24-17(23-13)26(4)5/h6-10,15H,1-5H3,(H,25,28)(H,23,24,27). The number of amides is 1. The normalized spacial score (nSPS) is 13.0. The number of alkyl halides is 3. The summed E-state index contributed by atoms with van der Waals surface area (Å²) in [5.41, 5.74) is -0.440. The van der Waals surface area contributed by atoms with Crippen LogP contribution in [0.1, 0.15) is 42.9 Å². The van der Waals surface area contributed by atoms with Crippen molar-refractivity contribution >= 4 is 11.9 Å². The van der Waals surface area contributed by atoms with Crippen molar-refractivity contribution in [3.8, 4) is 5.75 Å². The van der Waals surface area contributed by atoms with Crippen LogP contribution >= 0.6 is 0 Å². The summed E-state index contributed by atoms with van der Waals surface area (Å²) in [6.07, 6.45) is -4.78. The second kappa shape index (κ2) is 8.14. The number of anilines is 1. The smallest absolute Gasteiger partial charge is 0.406 e. The molecule has 2 N–H and O–H groups in total. The molecule has 1 aromatic carbocycles. The molecule has 0 aliphatic heterocycles. The van der Waals surface area contributed by atoms with Gasteiger partial charge in [-0.3, -0.25) is 14.6 Å². The van der Waals surface area contributed by atoms with Gasteiger partial charge in [0, 0.05) is 20.2 Å². The number of nitrogens with zero attached hydrogens (tertiary/aromatic N) is 2. The van der Waals surface area contributed by atoms with Gasteiger partial charge in [-0.2, -0.15) is 0 Å². The summed E-state index contributed by atoms with van der Waals surface area (Å²) in [6.45, 7) is 5.61. The number of rotatable bonds is 5. The van der Waals surface area contributed by atoms with E-state index in [1.807, 2.05) is 20.8 Å². The third-order valence-electron chi connectivity index (χ3n) is 3.97. The van der Waals surface area contributed by atoms with Crippen molar-refractivity contribution in [2.75, 3.05) is 19.0 Å². The third kappa shape index (κ3) is 6.23. The highest BCUT2D eigenvalue weighted by Gasteiger charge is 2.32. The average Bonchev–Trinajstić information content (AvgIpc) is 2.57. The molecule has 0 saturated heterocycles. The van der Waals surface area contributed by atoms with Gasteiger partial charge >= 0.3 is 6.36 Å². The van der Waals surface area contributed by atoms with Crippen LogP contribution in [-0.2, 0) is 0 Å². The quantitative estimate of drug-likeness (QED) is 0.787. The van der Waals surface area contributed by atoms with Gasteiger partial charge in [-0.05, 0) is 23.1 Å². The number of carbonyl (C=O) groups excluding carboxylic acids is 1. The average molecular weight is 412 g/mol. The molecule has 10 heteroatoms. The van der Waals surface area contributed by atoms with E-state index in [2.05, 4.69) is 20.0 Å². The summed E-state index contributed by atoms with van der Waals surface area (Å²) in [5.74, 6) is -0.703. The molecule has 0 spiro atoms. The number of aromatic nitrogens is 2. The molecule has 2 rings (SSSR count). The fourth-order valence-electron chi connectivity index (χ4n) is 2.64. The Morgan fingerprint density at radius 1 is 1.17 bits per heavy atom. The highest BCUT2D eigenvalue weighted by molar-refractivity contribution is 5.92. The lowest BCUT2D eigenvalue weighted by atomic mass is 9.82. The maximum Gasteiger partial charge on any atom is 0.573 e. The van der Waals surface area contributed by atoms with Crippen molar-refractivity contribution < 1.29 is 22.7 Å². The van der Waals surface area contributed by atoms with E-state index in [1.54, 1.807) is 19.0 Å². The van der Waals surface area contributed by atoms with Gasteiger partial charge < -0.3 is 15.0 Å². The molecular weight excluding hydrogens is 389 g/mol. The van der Waals surface area contributed by atoms with Gasteiger partial charge in [0.2, 0.25) is 5.95 Å². The second-order valence-corrected chi connectivity index (χ2v) is 7.74. The molecule has 0 aliphatic carbocycles. The first-order chi connectivity index (χ1) is 13.3. The molecule has 2 aromatic rings. The Kier molecular flexibility index (Phi) is 6.24. The zero-order valence-corrected chi connectivity index (χ0v) is 16.7. The van der Waals surface area contributed by atoms with E-state index in [9.17, 15) is 22.8 Å². The lowest BCUT2D eigenvalue weighted by Gasteiger charge is -2.32. The molecule has 0 fully saturated rings. The van der Waals surface area contributed by atoms with Gasteiger partial charge in [-0.1, -0.05) is 32.9 Å². The highest BCUT2D eigenvalue weighted by atomic mass is 19.4. The van der Waals surface area contributed by atoms with Crippen molar-refractivity contribution in [1.82, 2.24) is 15.3 Å². The Labute approximate surface area is 165 Å². The molecule has 29 heavy (non-hydrogen) atoms. The summed E-state index contributed by atoms with van der Waals surface area (Å²) < 4.78 is 40.9. The molecule has 0 aliphatic rings. The fraction of sp³-hybridized carbons (Fsp3) is 0.421. The Hall–Kier alpha value is -3.04. The summed E-state index contributed by atoms with van der Waals surface area (Å²) in [4.78, 5) is 32.8. The van der Waals surface area contributed by atoms with Crippen molar-refractivity contribution in [1.29, 1.82) is 0 Å². The van der Waals surface area contributed by atoms with Crippen molar-refractivity contribution in [2.45, 2.75) is 33.2 Å². The number of nitrogens with one attached hydrogen (secondary N) is 2. The fourth-order valence-corrected chi connectivity index (χ4v) is 2.64. The van der Waals surface area contributed by atoms with Gasteiger partial charge in [0.15, 0.2) is 0 Å². The lowest BCUT2D eigenvalue weighted by molar-refractivity contribution is -0.274. The molecule has 1 heterocycles. The molecule has 0 saturated carbocycles. The Morgan fingerprint density at radius 3 is 2.24 bits per heavy atom. The number of benzene rings is 1. The number of halogens is 3. The van der Waals surface area contributed by atoms with E-state index >= 15 is 0 Å². The van der Waals surface area contributed by atoms with Crippen LogP contribution in [0.5, 0.6) is 5.75 Å². The van der Waals surface area contributed by atoms with Gasteiger partial charge in [-0.25, -0.2) is 4.98 Å². The molecule has 0 bridgehead atoms. The maximum atomic E-state index is 12.7. The van der Waals surface area contributed by atoms with Gasteiger partial charge in [0.1, 0.15) is 11.4 Å². The SMILES string of the molecule is CN(C)c1nc(C(=O)NC(c2ccc(OC(F)(F)F)cc2)C(C)(C)C)cc(=O)[nH]1. The second-order valence-electron chi connectivity index (χ2n) is 7.74. The first-order valence-corrected chi connectivity index (χ1v) is 8.71. The Balaban J connectivity index is 2.30. The van der Waals surface area contributed by atoms with Crippen molar-refractivity contribution in [3.63, 3.8) is 0 Å². The number of aromatic amines is 1. The maximum absolute atomic E-state index is 12.7. The van der Waals surface area contributed by atoms with Gasteiger partial charge in [0.05, 0.1) is 6.04 Å². The van der Waals surface area contributed by atoms with Crippen LogP contribution in [0.2, 0.25) is 0 Å². The predicted molar refractivity (Wildman–Crippen MR) is 102 cm³/mol. The molecular formula is C19H23F3N4O3. The predicted octanol–water partition coefficient (Wildman–Crippen LogP) is 3.25. The minimum atomic E-state index is -4.78. The summed E-state index contributed by atoms with van der Waals surface area (Å²) in [6, 6.07) is 5.80. The number of hydrogen-bond donors (Lipinski definition) is 2. The van der Waals surface area contributed by atoms with E-state index in [4.69, 9.17) is 0 Å². The van der Waals surface area contributed by atoms with Gasteiger partial charge in [0.25, 0.3) is 11.5 Å². The van der Waals surface area contributed by atoms with E-state index in [0.717, 1.165) is 6.07 Å². The van der Waals surface area contributed by atoms with Crippen LogP contribution in [0, 0.1) is 5.41 Å². The first-order valence-electron chi connectivity index (χ1n) is 8.71. The summed E-state index contributed by atoms with van der Waals surface area (Å²) >= 11 is 0. The van der Waals surface area contributed by atoms with Crippen LogP contribution in [0.3, 0.4) is 0 Å². The molecule has 1 unspecified atom stereocenters. The number of ether oxygens (including phenoxy) is 1. The number of H-pyrrole nitrogens is 1. The van der Waals surface area contributed by atoms with Crippen LogP contribution < -0.4 is 20.5 Å². The zero-order chi connectivity index (χ0) is 22.0. The molecule has 158 valence electrons. The van der Waals surface area contributed by atoms with E-state index in [0.29, 0.717) is 5.56 Å². The minimum absolute atomic E-state index is 0.0660. The zero-order valence-electron chi connectivity index (χ0n) is 16.7. The van der Waals surface area contributed by atoms with Gasteiger partial charge in [-0.15, -0.1) is 13.2 Å². The van der Waals surface area contributed by atoms with E-state index in [1.165, 1.54) is 24.3 Å². The summed E-state index contributed by atoms with van der Waals surface area (Å²) in [5, 5.41) is 2.81.